The van der Waals surface area contributed by atoms with Gasteiger partial charge in [0.2, 0.25) is 11.8 Å². The number of nitrogens with zero attached hydrogens (tertiary/aromatic N) is 1. The van der Waals surface area contributed by atoms with Crippen LogP contribution in [0.3, 0.4) is 0 Å². The van der Waals surface area contributed by atoms with Gasteiger partial charge in [0.25, 0.3) is 0 Å². The minimum absolute atomic E-state index is 0.0156. The highest BCUT2D eigenvalue weighted by atomic mass is 79.9. The Morgan fingerprint density at radius 2 is 2.04 bits per heavy atom. The standard InChI is InChI=1S/C21H23BrN2O3/c1-14-6-3-4-7-19(14)27-11-5-8-20(26)23-18-13-17(22)12-16-9-10-24(15(2)25)21(16)18/h3-4,6-7,12-13H,5,8-11H2,1-2H3,(H,23,26). The van der Waals surface area contributed by atoms with E-state index in [1.807, 2.05) is 43.3 Å². The van der Waals surface area contributed by atoms with Crippen LogP contribution < -0.4 is 15.0 Å². The molecule has 0 unspecified atom stereocenters. The third-order valence-corrected chi connectivity index (χ3v) is 5.04. The quantitative estimate of drug-likeness (QED) is 0.687. The summed E-state index contributed by atoms with van der Waals surface area (Å²) in [6.45, 7) is 4.67. The number of hydrogen-bond acceptors (Lipinski definition) is 3. The second-order valence-corrected chi connectivity index (χ2v) is 7.56. The Balaban J connectivity index is 1.58. The smallest absolute Gasteiger partial charge is 0.224 e. The molecule has 1 aliphatic heterocycles. The molecular weight excluding hydrogens is 408 g/mol. The number of fused-ring (bicyclic) bond motifs is 1. The van der Waals surface area contributed by atoms with Crippen molar-refractivity contribution in [3.8, 4) is 5.75 Å². The van der Waals surface area contributed by atoms with Crippen molar-refractivity contribution in [3.05, 3.63) is 52.0 Å². The first-order valence-electron chi connectivity index (χ1n) is 9.04. The molecule has 0 atom stereocenters. The van der Waals surface area contributed by atoms with Crippen LogP contribution in [0.4, 0.5) is 11.4 Å². The van der Waals surface area contributed by atoms with Crippen molar-refractivity contribution in [1.29, 1.82) is 0 Å². The van der Waals surface area contributed by atoms with E-state index in [4.69, 9.17) is 4.74 Å². The SMILES string of the molecule is CC(=O)N1CCc2cc(Br)cc(NC(=O)CCCOc3ccccc3C)c21. The summed E-state index contributed by atoms with van der Waals surface area (Å²) in [7, 11) is 0. The number of carbonyl (C=O) groups excluding carboxylic acids is 2. The summed E-state index contributed by atoms with van der Waals surface area (Å²) < 4.78 is 6.63. The van der Waals surface area contributed by atoms with Gasteiger partial charge in [0.05, 0.1) is 18.0 Å². The normalized spacial score (nSPS) is 12.6. The van der Waals surface area contributed by atoms with Crippen LogP contribution in [-0.4, -0.2) is 25.0 Å². The molecule has 2 amide bonds. The van der Waals surface area contributed by atoms with E-state index in [9.17, 15) is 9.59 Å². The largest absolute Gasteiger partial charge is 0.493 e. The van der Waals surface area contributed by atoms with E-state index >= 15 is 0 Å². The van der Waals surface area contributed by atoms with Gasteiger partial charge in [-0.05, 0) is 49.1 Å². The second-order valence-electron chi connectivity index (χ2n) is 6.65. The van der Waals surface area contributed by atoms with E-state index in [1.165, 1.54) is 0 Å². The highest BCUT2D eigenvalue weighted by Gasteiger charge is 2.26. The molecule has 0 saturated heterocycles. The minimum atomic E-state index is -0.0842. The van der Waals surface area contributed by atoms with Crippen LogP contribution in [0.25, 0.3) is 0 Å². The molecule has 0 aromatic heterocycles. The van der Waals surface area contributed by atoms with Crippen molar-refractivity contribution in [2.24, 2.45) is 0 Å². The summed E-state index contributed by atoms with van der Waals surface area (Å²) in [5.41, 5.74) is 3.64. The maximum absolute atomic E-state index is 12.4. The van der Waals surface area contributed by atoms with Crippen molar-refractivity contribution in [1.82, 2.24) is 0 Å². The second kappa shape index (κ2) is 8.57. The Morgan fingerprint density at radius 1 is 1.26 bits per heavy atom. The molecule has 0 radical (unpaired) electrons. The molecule has 2 aromatic rings. The molecule has 0 spiro atoms. The predicted octanol–water partition coefficient (Wildman–Crippen LogP) is 4.46. The number of benzene rings is 2. The number of aryl methyl sites for hydroxylation is 1. The first-order chi connectivity index (χ1) is 13.0. The molecule has 0 fully saturated rings. The Hall–Kier alpha value is -2.34. The maximum atomic E-state index is 12.4. The number of para-hydroxylation sites is 1. The first-order valence-corrected chi connectivity index (χ1v) is 9.84. The fraction of sp³-hybridized carbons (Fsp3) is 0.333. The van der Waals surface area contributed by atoms with Crippen LogP contribution in [0.2, 0.25) is 0 Å². The molecule has 5 nitrogen and oxygen atoms in total. The molecule has 2 aromatic carbocycles. The molecule has 1 aliphatic rings. The maximum Gasteiger partial charge on any atom is 0.224 e. The zero-order valence-corrected chi connectivity index (χ0v) is 17.1. The van der Waals surface area contributed by atoms with Gasteiger partial charge in [0.1, 0.15) is 5.75 Å². The fourth-order valence-electron chi connectivity index (χ4n) is 3.27. The van der Waals surface area contributed by atoms with Crippen LogP contribution in [0.1, 0.15) is 30.9 Å². The van der Waals surface area contributed by atoms with Crippen molar-refractivity contribution >= 4 is 39.1 Å². The zero-order valence-electron chi connectivity index (χ0n) is 15.5. The lowest BCUT2D eigenvalue weighted by Gasteiger charge is -2.19. The molecule has 0 bridgehead atoms. The summed E-state index contributed by atoms with van der Waals surface area (Å²) in [5, 5.41) is 2.96. The topological polar surface area (TPSA) is 58.6 Å². The van der Waals surface area contributed by atoms with Gasteiger partial charge in [0.15, 0.2) is 0 Å². The summed E-state index contributed by atoms with van der Waals surface area (Å²) in [6, 6.07) is 11.7. The number of carbonyl (C=O) groups is 2. The molecule has 1 N–H and O–H groups in total. The average Bonchev–Trinajstić information content (AvgIpc) is 3.04. The summed E-state index contributed by atoms with van der Waals surface area (Å²) >= 11 is 3.48. The van der Waals surface area contributed by atoms with Gasteiger partial charge in [-0.15, -0.1) is 0 Å². The number of rotatable bonds is 6. The predicted molar refractivity (Wildman–Crippen MR) is 110 cm³/mol. The highest BCUT2D eigenvalue weighted by Crippen LogP contribution is 2.38. The Kier molecular flexibility index (Phi) is 6.16. The molecule has 142 valence electrons. The van der Waals surface area contributed by atoms with E-state index < -0.39 is 0 Å². The zero-order chi connectivity index (χ0) is 19.4. The number of ether oxygens (including phenoxy) is 1. The van der Waals surface area contributed by atoms with Gasteiger partial charge >= 0.3 is 0 Å². The number of hydrogen-bond donors (Lipinski definition) is 1. The van der Waals surface area contributed by atoms with Crippen LogP contribution >= 0.6 is 15.9 Å². The Morgan fingerprint density at radius 3 is 2.78 bits per heavy atom. The summed E-state index contributed by atoms with van der Waals surface area (Å²) in [6.07, 6.45) is 1.77. The molecule has 6 heteroatoms. The van der Waals surface area contributed by atoms with Crippen LogP contribution in [0.5, 0.6) is 5.75 Å². The van der Waals surface area contributed by atoms with Crippen molar-refractivity contribution in [2.75, 3.05) is 23.4 Å². The summed E-state index contributed by atoms with van der Waals surface area (Å²) in [4.78, 5) is 26.0. The lowest BCUT2D eigenvalue weighted by molar-refractivity contribution is -0.117. The van der Waals surface area contributed by atoms with Crippen molar-refractivity contribution in [2.45, 2.75) is 33.1 Å². The Bertz CT molecular complexity index is 867. The molecule has 0 saturated carbocycles. The monoisotopic (exact) mass is 430 g/mol. The van der Waals surface area contributed by atoms with Gasteiger partial charge in [0, 0.05) is 24.4 Å². The molecule has 3 rings (SSSR count). The molecule has 27 heavy (non-hydrogen) atoms. The third kappa shape index (κ3) is 4.69. The highest BCUT2D eigenvalue weighted by molar-refractivity contribution is 9.10. The van der Waals surface area contributed by atoms with Crippen LogP contribution in [0.15, 0.2) is 40.9 Å². The van der Waals surface area contributed by atoms with E-state index in [1.54, 1.807) is 11.8 Å². The lowest BCUT2D eigenvalue weighted by Crippen LogP contribution is -2.27. The van der Waals surface area contributed by atoms with Gasteiger partial charge in [-0.1, -0.05) is 34.1 Å². The minimum Gasteiger partial charge on any atom is -0.493 e. The number of amides is 2. The van der Waals surface area contributed by atoms with Crippen LogP contribution in [0, 0.1) is 6.92 Å². The van der Waals surface area contributed by atoms with Crippen LogP contribution in [-0.2, 0) is 16.0 Å². The fourth-order valence-corrected chi connectivity index (χ4v) is 3.77. The average molecular weight is 431 g/mol. The van der Waals surface area contributed by atoms with Gasteiger partial charge in [-0.3, -0.25) is 9.59 Å². The molecule has 0 aliphatic carbocycles. The van der Waals surface area contributed by atoms with Crippen molar-refractivity contribution < 1.29 is 14.3 Å². The molecule has 1 heterocycles. The van der Waals surface area contributed by atoms with E-state index in [0.717, 1.165) is 33.5 Å². The van der Waals surface area contributed by atoms with Gasteiger partial charge in [-0.25, -0.2) is 0 Å². The number of nitrogens with one attached hydrogen (secondary N) is 1. The van der Waals surface area contributed by atoms with Gasteiger partial charge in [-0.2, -0.15) is 0 Å². The third-order valence-electron chi connectivity index (χ3n) is 4.58. The number of anilines is 2. The number of halogens is 1. The van der Waals surface area contributed by atoms with E-state index in [-0.39, 0.29) is 11.8 Å². The van der Waals surface area contributed by atoms with Crippen molar-refractivity contribution in [3.63, 3.8) is 0 Å². The summed E-state index contributed by atoms with van der Waals surface area (Å²) in [5.74, 6) is 0.747. The Labute approximate surface area is 167 Å². The van der Waals surface area contributed by atoms with Gasteiger partial charge < -0.3 is 15.0 Å². The van der Waals surface area contributed by atoms with E-state index in [2.05, 4.69) is 21.2 Å². The lowest BCUT2D eigenvalue weighted by atomic mass is 10.1. The van der Waals surface area contributed by atoms with E-state index in [0.29, 0.717) is 31.7 Å². The first kappa shape index (κ1) is 19.4. The molecular formula is C21H23BrN2O3.